The lowest BCUT2D eigenvalue weighted by Gasteiger charge is -2.30. The number of nitrogens with one attached hydrogen (secondary N) is 2. The molecule has 0 saturated carbocycles. The number of benzene rings is 1. The van der Waals surface area contributed by atoms with Crippen LogP contribution in [0.3, 0.4) is 0 Å². The van der Waals surface area contributed by atoms with Gasteiger partial charge in [-0.05, 0) is 24.6 Å². The molecule has 0 unspecified atom stereocenters. The normalized spacial score (nSPS) is 15.2. The highest BCUT2D eigenvalue weighted by Crippen LogP contribution is 2.29. The van der Waals surface area contributed by atoms with Gasteiger partial charge >= 0.3 is 6.18 Å². The van der Waals surface area contributed by atoms with Gasteiger partial charge in [-0.1, -0.05) is 6.07 Å². The minimum atomic E-state index is -4.51. The number of rotatable bonds is 4. The van der Waals surface area contributed by atoms with E-state index in [1.165, 1.54) is 6.07 Å². The number of hydrogen-bond donors (Lipinski definition) is 2. The lowest BCUT2D eigenvalue weighted by molar-refractivity contribution is -0.137. The van der Waals surface area contributed by atoms with E-state index in [2.05, 4.69) is 10.7 Å². The molecule has 1 saturated heterocycles. The molecule has 0 bridgehead atoms. The van der Waals surface area contributed by atoms with Crippen LogP contribution < -0.4 is 10.7 Å². The third-order valence-electron chi connectivity index (χ3n) is 3.00. The van der Waals surface area contributed by atoms with Crippen LogP contribution in [-0.4, -0.2) is 36.5 Å². The number of halogens is 3. The Hall–Kier alpha value is -2.09. The van der Waals surface area contributed by atoms with E-state index in [0.29, 0.717) is 0 Å². The zero-order valence-corrected chi connectivity index (χ0v) is 11.0. The molecule has 1 aromatic rings. The minimum Gasteiger partial charge on any atom is -0.343 e. The topological polar surface area (TPSA) is 61.4 Å². The van der Waals surface area contributed by atoms with Gasteiger partial charge in [0.25, 0.3) is 11.8 Å². The summed E-state index contributed by atoms with van der Waals surface area (Å²) in [5.74, 6) is -1.13. The predicted octanol–water partition coefficient (Wildman–Crippen LogP) is 1.17. The van der Waals surface area contributed by atoms with E-state index >= 15 is 0 Å². The van der Waals surface area contributed by atoms with Gasteiger partial charge in [0.15, 0.2) is 0 Å². The first-order valence-electron chi connectivity index (χ1n) is 6.36. The summed E-state index contributed by atoms with van der Waals surface area (Å²) in [6.07, 6.45) is -3.51. The number of hydrogen-bond acceptors (Lipinski definition) is 3. The van der Waals surface area contributed by atoms with Gasteiger partial charge in [-0.3, -0.25) is 15.0 Å². The molecule has 2 N–H and O–H groups in total. The molecule has 2 amide bonds. The molecular weight excluding hydrogens is 287 g/mol. The average molecular weight is 301 g/mol. The summed E-state index contributed by atoms with van der Waals surface area (Å²) >= 11 is 0. The SMILES string of the molecule is O=C(CNC(=O)c1cccc(C(F)(F)F)c1)NN1CCC1. The average Bonchev–Trinajstić information content (AvgIpc) is 2.39. The minimum absolute atomic E-state index is 0.137. The van der Waals surface area contributed by atoms with Crippen molar-refractivity contribution in [1.29, 1.82) is 0 Å². The lowest BCUT2D eigenvalue weighted by atomic mass is 10.1. The first-order chi connectivity index (χ1) is 9.86. The standard InChI is InChI=1S/C13H14F3N3O2/c14-13(15,16)10-4-1-3-9(7-10)12(21)17-8-11(20)18-19-5-2-6-19/h1,3-4,7H,2,5-6,8H2,(H,17,21)(H,18,20). The molecule has 1 heterocycles. The van der Waals surface area contributed by atoms with Crippen molar-refractivity contribution >= 4 is 11.8 Å². The number of amides is 2. The van der Waals surface area contributed by atoms with Gasteiger partial charge < -0.3 is 5.32 Å². The molecule has 5 nitrogen and oxygen atoms in total. The molecule has 114 valence electrons. The van der Waals surface area contributed by atoms with Crippen LogP contribution in [0.4, 0.5) is 13.2 Å². The third kappa shape index (κ3) is 4.19. The van der Waals surface area contributed by atoms with E-state index < -0.39 is 23.6 Å². The van der Waals surface area contributed by atoms with E-state index in [1.54, 1.807) is 5.01 Å². The first kappa shape index (κ1) is 15.3. The van der Waals surface area contributed by atoms with Gasteiger partial charge in [0.1, 0.15) is 0 Å². The maximum Gasteiger partial charge on any atom is 0.416 e. The number of hydrazine groups is 1. The van der Waals surface area contributed by atoms with Gasteiger partial charge in [0.05, 0.1) is 12.1 Å². The fraction of sp³-hybridized carbons (Fsp3) is 0.385. The Labute approximate surface area is 119 Å². The Kier molecular flexibility index (Phi) is 4.46. The second-order valence-corrected chi connectivity index (χ2v) is 4.64. The maximum atomic E-state index is 12.5. The molecule has 1 fully saturated rings. The van der Waals surface area contributed by atoms with E-state index in [9.17, 15) is 22.8 Å². The molecule has 0 spiro atoms. The summed E-state index contributed by atoms with van der Waals surface area (Å²) in [4.78, 5) is 23.2. The maximum absolute atomic E-state index is 12.5. The van der Waals surface area contributed by atoms with Crippen LogP contribution in [0.25, 0.3) is 0 Å². The van der Waals surface area contributed by atoms with Crippen LogP contribution in [0.2, 0.25) is 0 Å². The van der Waals surface area contributed by atoms with Crippen LogP contribution in [0.1, 0.15) is 22.3 Å². The number of nitrogens with zero attached hydrogens (tertiary/aromatic N) is 1. The molecule has 0 radical (unpaired) electrons. The molecule has 1 aliphatic rings. The largest absolute Gasteiger partial charge is 0.416 e. The van der Waals surface area contributed by atoms with Crippen molar-refractivity contribution in [2.24, 2.45) is 0 Å². The number of carbonyl (C=O) groups is 2. The van der Waals surface area contributed by atoms with Crippen molar-refractivity contribution in [2.45, 2.75) is 12.6 Å². The van der Waals surface area contributed by atoms with Crippen LogP contribution in [0, 0.1) is 0 Å². The Morgan fingerprint density at radius 3 is 2.52 bits per heavy atom. The van der Waals surface area contributed by atoms with Gasteiger partial charge in [-0.25, -0.2) is 5.01 Å². The van der Waals surface area contributed by atoms with E-state index in [-0.39, 0.29) is 12.1 Å². The highest BCUT2D eigenvalue weighted by Gasteiger charge is 2.30. The van der Waals surface area contributed by atoms with E-state index in [4.69, 9.17) is 0 Å². The van der Waals surface area contributed by atoms with Gasteiger partial charge in [0.2, 0.25) is 0 Å². The van der Waals surface area contributed by atoms with E-state index in [0.717, 1.165) is 37.7 Å². The summed E-state index contributed by atoms with van der Waals surface area (Å²) in [5.41, 5.74) is 1.52. The van der Waals surface area contributed by atoms with Crippen molar-refractivity contribution in [1.82, 2.24) is 15.8 Å². The zero-order chi connectivity index (χ0) is 15.5. The molecule has 0 atom stereocenters. The quantitative estimate of drug-likeness (QED) is 0.877. The Morgan fingerprint density at radius 1 is 1.24 bits per heavy atom. The second-order valence-electron chi connectivity index (χ2n) is 4.64. The zero-order valence-electron chi connectivity index (χ0n) is 11.0. The lowest BCUT2D eigenvalue weighted by Crippen LogP contribution is -2.52. The summed E-state index contributed by atoms with van der Waals surface area (Å²) in [5, 5.41) is 3.98. The molecule has 8 heteroatoms. The first-order valence-corrected chi connectivity index (χ1v) is 6.36. The summed E-state index contributed by atoms with van der Waals surface area (Å²) in [6.45, 7) is 1.23. The van der Waals surface area contributed by atoms with Crippen LogP contribution in [-0.2, 0) is 11.0 Å². The molecular formula is C13H14F3N3O2. The van der Waals surface area contributed by atoms with Gasteiger partial charge in [-0.2, -0.15) is 13.2 Å². The summed E-state index contributed by atoms with van der Waals surface area (Å²) in [6, 6.07) is 4.05. The van der Waals surface area contributed by atoms with Crippen molar-refractivity contribution in [2.75, 3.05) is 19.6 Å². The predicted molar refractivity (Wildman–Crippen MR) is 68.1 cm³/mol. The smallest absolute Gasteiger partial charge is 0.343 e. The van der Waals surface area contributed by atoms with Crippen LogP contribution in [0.15, 0.2) is 24.3 Å². The highest BCUT2D eigenvalue weighted by atomic mass is 19.4. The Morgan fingerprint density at radius 2 is 1.95 bits per heavy atom. The number of alkyl halides is 3. The van der Waals surface area contributed by atoms with Crippen molar-refractivity contribution in [3.8, 4) is 0 Å². The molecule has 0 aliphatic carbocycles. The Bertz CT molecular complexity index is 542. The van der Waals surface area contributed by atoms with Gasteiger partial charge in [-0.15, -0.1) is 0 Å². The van der Waals surface area contributed by atoms with Crippen molar-refractivity contribution in [3.05, 3.63) is 35.4 Å². The van der Waals surface area contributed by atoms with E-state index in [1.807, 2.05) is 0 Å². The van der Waals surface area contributed by atoms with Gasteiger partial charge in [0, 0.05) is 18.7 Å². The highest BCUT2D eigenvalue weighted by molar-refractivity contribution is 5.96. The van der Waals surface area contributed by atoms with Crippen molar-refractivity contribution in [3.63, 3.8) is 0 Å². The van der Waals surface area contributed by atoms with Crippen LogP contribution in [0.5, 0.6) is 0 Å². The monoisotopic (exact) mass is 301 g/mol. The Balaban J connectivity index is 1.89. The third-order valence-corrected chi connectivity index (χ3v) is 3.00. The second kappa shape index (κ2) is 6.13. The van der Waals surface area contributed by atoms with Crippen molar-refractivity contribution < 1.29 is 22.8 Å². The molecule has 1 aliphatic heterocycles. The molecule has 1 aromatic carbocycles. The number of carbonyl (C=O) groups excluding carboxylic acids is 2. The molecule has 21 heavy (non-hydrogen) atoms. The fourth-order valence-corrected chi connectivity index (χ4v) is 1.74. The molecule has 0 aromatic heterocycles. The fourth-order valence-electron chi connectivity index (χ4n) is 1.74. The van der Waals surface area contributed by atoms with Crippen LogP contribution >= 0.6 is 0 Å². The summed E-state index contributed by atoms with van der Waals surface area (Å²) < 4.78 is 37.6. The summed E-state index contributed by atoms with van der Waals surface area (Å²) in [7, 11) is 0. The molecule has 2 rings (SSSR count).